The van der Waals surface area contributed by atoms with Crippen LogP contribution in [0.5, 0.6) is 0 Å². The molecule has 0 aliphatic carbocycles. The van der Waals surface area contributed by atoms with Crippen molar-refractivity contribution in [2.24, 2.45) is 10.8 Å². The van der Waals surface area contributed by atoms with Gasteiger partial charge in [-0.3, -0.25) is 0 Å². The van der Waals surface area contributed by atoms with E-state index in [-0.39, 0.29) is 10.8 Å². The molecule has 5 rings (SSSR count). The standard InChI is InChI=1S/C33H32F6N2/c1-30(2,3)24-15-26(20-7-11-22(12-8-20)32(34,35)36)40-19-41-27(21-9-13-23(14-10-21)33(37,38)39)16-25(31(4,5)6)18-29(41)28(40)17-24/h7-18H,19H2,1-6H3. The lowest BCUT2D eigenvalue weighted by molar-refractivity contribution is -0.138. The summed E-state index contributed by atoms with van der Waals surface area (Å²) in [6, 6.07) is 10.3. The van der Waals surface area contributed by atoms with Gasteiger partial charge in [0.15, 0.2) is 0 Å². The molecule has 0 N–H and O–H groups in total. The third-order valence-corrected chi connectivity index (χ3v) is 7.63. The number of hydrogen-bond acceptors (Lipinski definition) is 2. The number of benzene rings is 2. The predicted octanol–water partition coefficient (Wildman–Crippen LogP) is 9.87. The number of rotatable bonds is 2. The molecule has 0 saturated carbocycles. The first-order valence-electron chi connectivity index (χ1n) is 13.4. The molecule has 41 heavy (non-hydrogen) atoms. The van der Waals surface area contributed by atoms with E-state index in [2.05, 4.69) is 63.5 Å². The van der Waals surface area contributed by atoms with Gasteiger partial charge in [-0.15, -0.1) is 0 Å². The van der Waals surface area contributed by atoms with Gasteiger partial charge in [0, 0.05) is 0 Å². The molecule has 0 radical (unpaired) electrons. The summed E-state index contributed by atoms with van der Waals surface area (Å²) < 4.78 is 79.8. The fraction of sp³-hybridized carbons (Fsp3) is 0.333. The molecule has 3 aliphatic rings. The van der Waals surface area contributed by atoms with Gasteiger partial charge < -0.3 is 9.80 Å². The predicted molar refractivity (Wildman–Crippen MR) is 149 cm³/mol. The van der Waals surface area contributed by atoms with E-state index in [1.807, 2.05) is 12.2 Å². The van der Waals surface area contributed by atoms with E-state index in [0.717, 1.165) is 58.2 Å². The van der Waals surface area contributed by atoms with Gasteiger partial charge in [-0.05, 0) is 81.7 Å². The maximum absolute atomic E-state index is 13.3. The smallest absolute Gasteiger partial charge is 0.320 e. The van der Waals surface area contributed by atoms with Crippen molar-refractivity contribution in [3.63, 3.8) is 0 Å². The maximum atomic E-state index is 13.3. The van der Waals surface area contributed by atoms with Crippen LogP contribution in [0.25, 0.3) is 11.4 Å². The highest BCUT2D eigenvalue weighted by atomic mass is 19.4. The quantitative estimate of drug-likeness (QED) is 0.332. The molecular formula is C33H32F6N2. The van der Waals surface area contributed by atoms with Crippen LogP contribution < -0.4 is 0 Å². The third-order valence-electron chi connectivity index (χ3n) is 7.63. The van der Waals surface area contributed by atoms with Gasteiger partial charge >= 0.3 is 12.4 Å². The highest BCUT2D eigenvalue weighted by Crippen LogP contribution is 2.48. The molecule has 2 aromatic rings. The van der Waals surface area contributed by atoms with Crippen LogP contribution >= 0.6 is 0 Å². The number of alkyl halides is 6. The highest BCUT2D eigenvalue weighted by Gasteiger charge is 2.39. The van der Waals surface area contributed by atoms with Crippen LogP contribution in [-0.4, -0.2) is 16.5 Å². The van der Waals surface area contributed by atoms with Gasteiger partial charge in [-0.1, -0.05) is 65.8 Å². The van der Waals surface area contributed by atoms with E-state index in [1.165, 1.54) is 24.3 Å². The molecule has 2 nitrogen and oxygen atoms in total. The third kappa shape index (κ3) is 5.48. The van der Waals surface area contributed by atoms with E-state index >= 15 is 0 Å². The van der Waals surface area contributed by atoms with Gasteiger partial charge in [0.2, 0.25) is 0 Å². The molecule has 0 atom stereocenters. The van der Waals surface area contributed by atoms with Crippen molar-refractivity contribution in [1.29, 1.82) is 0 Å². The summed E-state index contributed by atoms with van der Waals surface area (Å²) in [6.07, 6.45) is -0.632. The minimum Gasteiger partial charge on any atom is -0.320 e. The first-order chi connectivity index (χ1) is 18.8. The average Bonchev–Trinajstić information content (AvgIpc) is 3.24. The molecule has 3 aliphatic heterocycles. The van der Waals surface area contributed by atoms with Gasteiger partial charge in [0.25, 0.3) is 0 Å². The second-order valence-electron chi connectivity index (χ2n) is 12.7. The van der Waals surface area contributed by atoms with Crippen LogP contribution in [0.3, 0.4) is 0 Å². The summed E-state index contributed by atoms with van der Waals surface area (Å²) >= 11 is 0. The number of nitrogens with zero attached hydrogens (tertiary/aromatic N) is 2. The van der Waals surface area contributed by atoms with Gasteiger partial charge in [-0.25, -0.2) is 0 Å². The average molecular weight is 571 g/mol. The van der Waals surface area contributed by atoms with Crippen molar-refractivity contribution in [1.82, 2.24) is 9.80 Å². The fourth-order valence-corrected chi connectivity index (χ4v) is 5.12. The molecule has 2 aromatic carbocycles. The number of fused-ring (bicyclic) bond motifs is 2. The molecule has 3 heterocycles. The Morgan fingerprint density at radius 1 is 0.488 bits per heavy atom. The largest absolute Gasteiger partial charge is 0.416 e. The Bertz CT molecular complexity index is 1400. The van der Waals surface area contributed by atoms with E-state index in [9.17, 15) is 26.3 Å². The minimum atomic E-state index is -4.44. The second kappa shape index (κ2) is 9.43. The normalized spacial score (nSPS) is 18.0. The molecule has 0 saturated heterocycles. The van der Waals surface area contributed by atoms with Gasteiger partial charge in [0.1, 0.15) is 6.67 Å². The Balaban J connectivity index is 1.66. The Labute approximate surface area is 236 Å². The van der Waals surface area contributed by atoms with E-state index in [4.69, 9.17) is 0 Å². The lowest BCUT2D eigenvalue weighted by Crippen LogP contribution is -2.29. The van der Waals surface area contributed by atoms with Crippen molar-refractivity contribution in [2.45, 2.75) is 53.9 Å². The van der Waals surface area contributed by atoms with Gasteiger partial charge in [-0.2, -0.15) is 26.3 Å². The molecule has 0 fully saturated rings. The zero-order valence-corrected chi connectivity index (χ0v) is 23.8. The summed E-state index contributed by atoms with van der Waals surface area (Å²) in [5.74, 6) is 0. The van der Waals surface area contributed by atoms with E-state index in [0.29, 0.717) is 17.8 Å². The van der Waals surface area contributed by atoms with Gasteiger partial charge in [0.05, 0.1) is 33.9 Å². The molecular weight excluding hydrogens is 538 g/mol. The van der Waals surface area contributed by atoms with Crippen LogP contribution in [0.2, 0.25) is 0 Å². The highest BCUT2D eigenvalue weighted by molar-refractivity contribution is 5.78. The lowest BCUT2D eigenvalue weighted by Gasteiger charge is -2.34. The summed E-state index contributed by atoms with van der Waals surface area (Å²) in [4.78, 5) is 4.13. The summed E-state index contributed by atoms with van der Waals surface area (Å²) in [6.45, 7) is 12.8. The Kier molecular flexibility index (Phi) is 6.63. The van der Waals surface area contributed by atoms with E-state index < -0.39 is 23.5 Å². The first-order valence-corrected chi connectivity index (χ1v) is 13.4. The molecule has 0 unspecified atom stereocenters. The van der Waals surface area contributed by atoms with Crippen molar-refractivity contribution in [3.8, 4) is 0 Å². The molecule has 8 heteroatoms. The SMILES string of the molecule is CC(C)(C)C1=CC2=C3C=C(C(C)(C)C)C=C(c4ccc(C(F)(F)F)cc4)N3CN2C(c2ccc(C(F)(F)F)cc2)=C1. The Morgan fingerprint density at radius 3 is 1.07 bits per heavy atom. The summed E-state index contributed by atoms with van der Waals surface area (Å²) in [5.41, 5.74) is 4.71. The summed E-state index contributed by atoms with van der Waals surface area (Å²) in [7, 11) is 0. The Hall–Kier alpha value is -3.68. The van der Waals surface area contributed by atoms with E-state index in [1.54, 1.807) is 0 Å². The van der Waals surface area contributed by atoms with Crippen molar-refractivity contribution >= 4 is 11.4 Å². The fourth-order valence-electron chi connectivity index (χ4n) is 5.12. The number of halogens is 6. The minimum absolute atomic E-state index is 0.248. The van der Waals surface area contributed by atoms with Crippen LogP contribution in [0.1, 0.15) is 63.8 Å². The van der Waals surface area contributed by atoms with Crippen molar-refractivity contribution in [2.75, 3.05) is 6.67 Å². The van der Waals surface area contributed by atoms with Crippen molar-refractivity contribution in [3.05, 3.63) is 118 Å². The first kappa shape index (κ1) is 28.8. The number of allylic oxidation sites excluding steroid dienone is 6. The zero-order chi connectivity index (χ0) is 30.1. The molecule has 0 spiro atoms. The molecule has 216 valence electrons. The Morgan fingerprint density at radius 2 is 0.805 bits per heavy atom. The van der Waals surface area contributed by atoms with Crippen LogP contribution in [-0.2, 0) is 12.4 Å². The molecule has 0 aromatic heterocycles. The van der Waals surface area contributed by atoms with Crippen LogP contribution in [0.4, 0.5) is 26.3 Å². The topological polar surface area (TPSA) is 6.48 Å². The number of hydrogen-bond donors (Lipinski definition) is 0. The maximum Gasteiger partial charge on any atom is 0.416 e. The zero-order valence-electron chi connectivity index (χ0n) is 23.8. The monoisotopic (exact) mass is 570 g/mol. The lowest BCUT2D eigenvalue weighted by atomic mass is 9.82. The molecule has 0 bridgehead atoms. The van der Waals surface area contributed by atoms with Crippen molar-refractivity contribution < 1.29 is 26.3 Å². The summed E-state index contributed by atoms with van der Waals surface area (Å²) in [5, 5.41) is 0. The molecule has 0 amide bonds. The van der Waals surface area contributed by atoms with Crippen LogP contribution in [0.15, 0.2) is 95.4 Å². The van der Waals surface area contributed by atoms with Crippen LogP contribution in [0, 0.1) is 10.8 Å². The second-order valence-corrected chi connectivity index (χ2v) is 12.7.